The number of aromatic nitrogens is 3. The Kier molecular flexibility index (Phi) is 4.37. The lowest BCUT2D eigenvalue weighted by atomic mass is 10.2. The van der Waals surface area contributed by atoms with Crippen LogP contribution < -0.4 is 0 Å². The summed E-state index contributed by atoms with van der Waals surface area (Å²) in [6.07, 6.45) is 3.80. The smallest absolute Gasteiger partial charge is 0.272 e. The minimum Gasteiger partial charge on any atom is -0.331 e. The molecular weight excluding hydrogens is 334 g/mol. The second-order valence-electron chi connectivity index (χ2n) is 7.21. The summed E-state index contributed by atoms with van der Waals surface area (Å²) in [5.74, 6) is 0.138. The van der Waals surface area contributed by atoms with Gasteiger partial charge in [-0.3, -0.25) is 14.4 Å². The van der Waals surface area contributed by atoms with Gasteiger partial charge < -0.3 is 4.90 Å². The van der Waals surface area contributed by atoms with Crippen molar-refractivity contribution in [3.05, 3.63) is 34.0 Å². The van der Waals surface area contributed by atoms with Gasteiger partial charge in [0.05, 0.1) is 11.2 Å². The Balaban J connectivity index is 1.45. The van der Waals surface area contributed by atoms with E-state index in [-0.39, 0.29) is 11.9 Å². The van der Waals surface area contributed by atoms with E-state index in [9.17, 15) is 4.79 Å². The second-order valence-corrected chi connectivity index (χ2v) is 8.15. The van der Waals surface area contributed by atoms with Crippen molar-refractivity contribution in [3.8, 4) is 0 Å². The van der Waals surface area contributed by atoms with E-state index >= 15 is 0 Å². The average Bonchev–Trinajstić information content (AvgIpc) is 3.38. The van der Waals surface area contributed by atoms with Gasteiger partial charge in [0.1, 0.15) is 5.69 Å². The number of rotatable bonds is 5. The molecule has 0 spiro atoms. The summed E-state index contributed by atoms with van der Waals surface area (Å²) in [7, 11) is 0. The molecule has 2 bridgehead atoms. The summed E-state index contributed by atoms with van der Waals surface area (Å²) in [6.45, 7) is 9.06. The van der Waals surface area contributed by atoms with E-state index in [2.05, 4.69) is 40.7 Å². The van der Waals surface area contributed by atoms with Crippen LogP contribution in [0, 0.1) is 6.92 Å². The van der Waals surface area contributed by atoms with Crippen molar-refractivity contribution in [2.75, 3.05) is 13.1 Å². The van der Waals surface area contributed by atoms with Gasteiger partial charge >= 0.3 is 0 Å². The zero-order valence-electron chi connectivity index (χ0n) is 15.1. The molecule has 4 heterocycles. The lowest BCUT2D eigenvalue weighted by Gasteiger charge is -2.34. The molecule has 25 heavy (non-hydrogen) atoms. The third kappa shape index (κ3) is 2.89. The Morgan fingerprint density at radius 1 is 1.40 bits per heavy atom. The standard InChI is InChI=1S/C18H25N5OS/c1-4-12(2)23-16(5-6-20-23)18(24)22-9-14-7-15(22)8-21(14)10-17-13(3)19-11-25-17/h5-6,11-12,14-15H,4,7-10H2,1-3H3/t12?,14-,15-/m0/s1. The highest BCUT2D eigenvalue weighted by Gasteiger charge is 2.45. The third-order valence-electron chi connectivity index (χ3n) is 5.70. The highest BCUT2D eigenvalue weighted by molar-refractivity contribution is 7.09. The van der Waals surface area contributed by atoms with E-state index in [4.69, 9.17) is 0 Å². The van der Waals surface area contributed by atoms with E-state index < -0.39 is 0 Å². The molecule has 2 aromatic heterocycles. The maximum absolute atomic E-state index is 13.1. The van der Waals surface area contributed by atoms with Crippen molar-refractivity contribution in [2.24, 2.45) is 0 Å². The normalized spacial score (nSPS) is 24.2. The first-order chi connectivity index (χ1) is 12.1. The SMILES string of the molecule is CCC(C)n1nccc1C(=O)N1C[C@@H]2C[C@H]1CN2Cc1scnc1C. The number of carbonyl (C=O) groups excluding carboxylic acids is 1. The quantitative estimate of drug-likeness (QED) is 0.824. The van der Waals surface area contributed by atoms with Crippen molar-refractivity contribution < 1.29 is 4.79 Å². The predicted octanol–water partition coefficient (Wildman–Crippen LogP) is 2.72. The summed E-state index contributed by atoms with van der Waals surface area (Å²) in [5.41, 5.74) is 3.79. The molecule has 4 rings (SSSR count). The summed E-state index contributed by atoms with van der Waals surface area (Å²) in [5, 5.41) is 4.37. The third-order valence-corrected chi connectivity index (χ3v) is 6.62. The van der Waals surface area contributed by atoms with Gasteiger partial charge in [-0.2, -0.15) is 5.10 Å². The van der Waals surface area contributed by atoms with Crippen LogP contribution in [0.25, 0.3) is 0 Å². The molecule has 0 aliphatic carbocycles. The molecule has 0 radical (unpaired) electrons. The number of amides is 1. The van der Waals surface area contributed by atoms with Crippen LogP contribution in [0.15, 0.2) is 17.8 Å². The Morgan fingerprint density at radius 2 is 2.24 bits per heavy atom. The first kappa shape index (κ1) is 16.7. The molecule has 1 unspecified atom stereocenters. The van der Waals surface area contributed by atoms with Crippen molar-refractivity contribution in [2.45, 2.75) is 58.3 Å². The Labute approximate surface area is 152 Å². The molecule has 2 aliphatic rings. The van der Waals surface area contributed by atoms with Gasteiger partial charge in [0.15, 0.2) is 0 Å². The number of fused-ring (bicyclic) bond motifs is 2. The molecule has 1 amide bonds. The van der Waals surface area contributed by atoms with Crippen LogP contribution in [-0.4, -0.2) is 55.6 Å². The van der Waals surface area contributed by atoms with Crippen LogP contribution in [0.1, 0.15) is 53.8 Å². The first-order valence-electron chi connectivity index (χ1n) is 9.06. The highest BCUT2D eigenvalue weighted by atomic mass is 32.1. The summed E-state index contributed by atoms with van der Waals surface area (Å²) >= 11 is 1.73. The number of thiazole rings is 1. The number of aryl methyl sites for hydroxylation is 1. The minimum atomic E-state index is 0.138. The number of nitrogens with zero attached hydrogens (tertiary/aromatic N) is 5. The fourth-order valence-electron chi connectivity index (χ4n) is 4.01. The Morgan fingerprint density at radius 3 is 2.88 bits per heavy atom. The molecule has 0 N–H and O–H groups in total. The van der Waals surface area contributed by atoms with Crippen LogP contribution in [0.2, 0.25) is 0 Å². The van der Waals surface area contributed by atoms with Crippen molar-refractivity contribution in [1.29, 1.82) is 0 Å². The average molecular weight is 359 g/mol. The largest absolute Gasteiger partial charge is 0.331 e. The molecule has 0 saturated carbocycles. The van der Waals surface area contributed by atoms with Crippen LogP contribution in [0.5, 0.6) is 0 Å². The van der Waals surface area contributed by atoms with Gasteiger partial charge in [-0.1, -0.05) is 6.92 Å². The Bertz CT molecular complexity index is 769. The van der Waals surface area contributed by atoms with Crippen LogP contribution in [0.4, 0.5) is 0 Å². The van der Waals surface area contributed by atoms with Gasteiger partial charge in [0.2, 0.25) is 0 Å². The molecule has 2 saturated heterocycles. The van der Waals surface area contributed by atoms with E-state index in [1.807, 2.05) is 16.3 Å². The number of likely N-dealkylation sites (tertiary alicyclic amines) is 2. The van der Waals surface area contributed by atoms with Gasteiger partial charge in [-0.25, -0.2) is 4.98 Å². The fourth-order valence-corrected chi connectivity index (χ4v) is 4.81. The lowest BCUT2D eigenvalue weighted by Crippen LogP contribution is -2.48. The molecule has 0 aromatic carbocycles. The molecule has 7 heteroatoms. The summed E-state index contributed by atoms with van der Waals surface area (Å²) < 4.78 is 1.88. The van der Waals surface area contributed by atoms with Crippen LogP contribution in [0.3, 0.4) is 0 Å². The van der Waals surface area contributed by atoms with Gasteiger partial charge in [-0.05, 0) is 32.8 Å². The molecule has 2 aliphatic heterocycles. The fraction of sp³-hybridized carbons (Fsp3) is 0.611. The second kappa shape index (κ2) is 6.53. The molecule has 6 nitrogen and oxygen atoms in total. The van der Waals surface area contributed by atoms with Gasteiger partial charge in [0.25, 0.3) is 5.91 Å². The highest BCUT2D eigenvalue weighted by Crippen LogP contribution is 2.34. The molecular formula is C18H25N5OS. The number of hydrogen-bond acceptors (Lipinski definition) is 5. The first-order valence-corrected chi connectivity index (χ1v) is 9.94. The monoisotopic (exact) mass is 359 g/mol. The van der Waals surface area contributed by atoms with E-state index in [0.29, 0.717) is 12.1 Å². The Hall–Kier alpha value is -1.73. The number of piperazine rings is 1. The maximum Gasteiger partial charge on any atom is 0.272 e. The molecule has 134 valence electrons. The van der Waals surface area contributed by atoms with Crippen molar-refractivity contribution in [3.63, 3.8) is 0 Å². The van der Waals surface area contributed by atoms with Crippen LogP contribution >= 0.6 is 11.3 Å². The number of carbonyl (C=O) groups is 1. The maximum atomic E-state index is 13.1. The summed E-state index contributed by atoms with van der Waals surface area (Å²) in [6, 6.07) is 2.90. The van der Waals surface area contributed by atoms with Gasteiger partial charge in [-0.15, -0.1) is 11.3 Å². The van der Waals surface area contributed by atoms with E-state index in [1.165, 1.54) is 4.88 Å². The van der Waals surface area contributed by atoms with E-state index in [0.717, 1.165) is 43.9 Å². The minimum absolute atomic E-state index is 0.138. The van der Waals surface area contributed by atoms with Gasteiger partial charge in [0, 0.05) is 48.8 Å². The molecule has 2 aromatic rings. The zero-order valence-corrected chi connectivity index (χ0v) is 15.9. The van der Waals surface area contributed by atoms with Crippen molar-refractivity contribution >= 4 is 17.2 Å². The molecule has 3 atom stereocenters. The molecule has 2 fully saturated rings. The van der Waals surface area contributed by atoms with Crippen LogP contribution in [-0.2, 0) is 6.54 Å². The topological polar surface area (TPSA) is 54.3 Å². The summed E-state index contributed by atoms with van der Waals surface area (Å²) in [4.78, 5) is 23.3. The zero-order chi connectivity index (χ0) is 17.6. The number of hydrogen-bond donors (Lipinski definition) is 0. The predicted molar refractivity (Wildman–Crippen MR) is 97.7 cm³/mol. The van der Waals surface area contributed by atoms with E-state index in [1.54, 1.807) is 17.5 Å². The lowest BCUT2D eigenvalue weighted by molar-refractivity contribution is 0.0602. The van der Waals surface area contributed by atoms with Crippen molar-refractivity contribution in [1.82, 2.24) is 24.6 Å².